The molecule has 2 aromatic carbocycles. The van der Waals surface area contributed by atoms with Crippen LogP contribution in [0.15, 0.2) is 48.5 Å². The van der Waals surface area contributed by atoms with Crippen molar-refractivity contribution >= 4 is 35.1 Å². The highest BCUT2D eigenvalue weighted by Crippen LogP contribution is 2.10. The summed E-state index contributed by atoms with van der Waals surface area (Å²) in [6.45, 7) is -0.884. The molecular weight excluding hydrogens is 358 g/mol. The first kappa shape index (κ1) is 19.0. The van der Waals surface area contributed by atoms with Gasteiger partial charge in [-0.3, -0.25) is 14.4 Å². The number of hydrogen-bond donors (Lipinski definition) is 2. The topological polar surface area (TPSA) is 108 Å². The highest BCUT2D eigenvalue weighted by molar-refractivity contribution is 6.30. The number of carbonyl (C=O) groups is 3. The molecule has 26 heavy (non-hydrogen) atoms. The Balaban J connectivity index is 1.74. The third-order valence-corrected chi connectivity index (χ3v) is 3.39. The molecule has 0 aromatic heterocycles. The van der Waals surface area contributed by atoms with Gasteiger partial charge in [-0.25, -0.2) is 0 Å². The predicted octanol–water partition coefficient (Wildman–Crippen LogP) is 2.12. The Kier molecular flexibility index (Phi) is 6.71. The van der Waals surface area contributed by atoms with Crippen molar-refractivity contribution in [3.63, 3.8) is 0 Å². The zero-order valence-corrected chi connectivity index (χ0v) is 14.2. The van der Waals surface area contributed by atoms with Crippen LogP contribution in [-0.2, 0) is 14.3 Å². The van der Waals surface area contributed by atoms with Crippen LogP contribution < -0.4 is 10.6 Å². The number of amides is 2. The number of hydrogen-bond acceptors (Lipinski definition) is 5. The van der Waals surface area contributed by atoms with Crippen molar-refractivity contribution in [2.75, 3.05) is 18.5 Å². The van der Waals surface area contributed by atoms with Gasteiger partial charge in [0, 0.05) is 16.3 Å². The van der Waals surface area contributed by atoms with Crippen molar-refractivity contribution in [1.29, 1.82) is 5.26 Å². The van der Waals surface area contributed by atoms with Crippen LogP contribution in [0, 0.1) is 11.3 Å². The monoisotopic (exact) mass is 371 g/mol. The van der Waals surface area contributed by atoms with E-state index in [1.165, 1.54) is 18.2 Å². The van der Waals surface area contributed by atoms with Gasteiger partial charge in [-0.05, 0) is 42.5 Å². The van der Waals surface area contributed by atoms with Crippen LogP contribution >= 0.6 is 11.6 Å². The number of anilines is 1. The van der Waals surface area contributed by atoms with E-state index >= 15 is 0 Å². The molecule has 0 radical (unpaired) electrons. The lowest BCUT2D eigenvalue weighted by Crippen LogP contribution is -2.32. The number of halogens is 1. The highest BCUT2D eigenvalue weighted by Gasteiger charge is 2.11. The van der Waals surface area contributed by atoms with Crippen LogP contribution in [0.1, 0.15) is 15.9 Å². The van der Waals surface area contributed by atoms with Crippen molar-refractivity contribution in [3.05, 3.63) is 64.7 Å². The Bertz CT molecular complexity index is 859. The lowest BCUT2D eigenvalue weighted by molar-refractivity contribution is -0.146. The zero-order chi connectivity index (χ0) is 18.9. The Morgan fingerprint density at radius 2 is 1.85 bits per heavy atom. The maximum atomic E-state index is 11.8. The molecule has 0 heterocycles. The molecule has 0 atom stereocenters. The summed E-state index contributed by atoms with van der Waals surface area (Å²) < 4.78 is 4.79. The Hall–Kier alpha value is -3.37. The zero-order valence-electron chi connectivity index (χ0n) is 13.5. The van der Waals surface area contributed by atoms with Gasteiger partial charge in [0.05, 0.1) is 11.6 Å². The van der Waals surface area contributed by atoms with E-state index in [-0.39, 0.29) is 6.54 Å². The van der Waals surface area contributed by atoms with Crippen molar-refractivity contribution in [2.24, 2.45) is 0 Å². The van der Waals surface area contributed by atoms with Gasteiger partial charge in [0.25, 0.3) is 11.8 Å². The molecule has 0 saturated carbocycles. The van der Waals surface area contributed by atoms with E-state index in [9.17, 15) is 14.4 Å². The summed E-state index contributed by atoms with van der Waals surface area (Å²) in [6.07, 6.45) is 0. The molecule has 0 bridgehead atoms. The number of nitrogens with one attached hydrogen (secondary N) is 2. The van der Waals surface area contributed by atoms with Gasteiger partial charge in [0.15, 0.2) is 6.61 Å². The van der Waals surface area contributed by atoms with Crippen molar-refractivity contribution in [3.8, 4) is 6.07 Å². The van der Waals surface area contributed by atoms with Crippen LogP contribution in [-0.4, -0.2) is 30.9 Å². The summed E-state index contributed by atoms with van der Waals surface area (Å²) in [7, 11) is 0. The maximum absolute atomic E-state index is 11.8. The van der Waals surface area contributed by atoms with E-state index in [2.05, 4.69) is 10.6 Å². The minimum absolute atomic E-state index is 0.345. The fraction of sp³-hybridized carbons (Fsp3) is 0.111. The van der Waals surface area contributed by atoms with Gasteiger partial charge >= 0.3 is 5.97 Å². The standard InChI is InChI=1S/C18H14ClN3O4/c19-14-6-4-13(5-7-14)18(25)21-10-17(24)26-11-16(23)22-15-3-1-2-12(8-15)9-20/h1-8H,10-11H2,(H,21,25)(H,22,23). The first-order chi connectivity index (χ1) is 12.5. The van der Waals surface area contributed by atoms with Crippen LogP contribution in [0.2, 0.25) is 5.02 Å². The Morgan fingerprint density at radius 1 is 1.12 bits per heavy atom. The second kappa shape index (κ2) is 9.20. The first-order valence-electron chi connectivity index (χ1n) is 7.47. The second-order valence-electron chi connectivity index (χ2n) is 5.09. The molecule has 132 valence electrons. The summed E-state index contributed by atoms with van der Waals surface area (Å²) in [5.74, 6) is -1.78. The van der Waals surface area contributed by atoms with Crippen molar-refractivity contribution in [2.45, 2.75) is 0 Å². The van der Waals surface area contributed by atoms with E-state index < -0.39 is 24.4 Å². The van der Waals surface area contributed by atoms with Gasteiger partial charge in [-0.2, -0.15) is 5.26 Å². The number of rotatable bonds is 6. The largest absolute Gasteiger partial charge is 0.454 e. The molecular formula is C18H14ClN3O4. The number of nitriles is 1. The lowest BCUT2D eigenvalue weighted by atomic mass is 10.2. The van der Waals surface area contributed by atoms with Crippen molar-refractivity contribution in [1.82, 2.24) is 5.32 Å². The van der Waals surface area contributed by atoms with Gasteiger partial charge in [-0.15, -0.1) is 0 Å². The second-order valence-corrected chi connectivity index (χ2v) is 5.53. The molecule has 0 aliphatic carbocycles. The minimum Gasteiger partial charge on any atom is -0.454 e. The molecule has 7 nitrogen and oxygen atoms in total. The Morgan fingerprint density at radius 3 is 2.54 bits per heavy atom. The first-order valence-corrected chi connectivity index (χ1v) is 7.85. The van der Waals surface area contributed by atoms with E-state index in [1.54, 1.807) is 30.3 Å². The normalized spacial score (nSPS) is 9.69. The fourth-order valence-electron chi connectivity index (χ4n) is 1.92. The quantitative estimate of drug-likeness (QED) is 0.756. The summed E-state index contributed by atoms with van der Waals surface area (Å²) in [6, 6.07) is 14.4. The summed E-state index contributed by atoms with van der Waals surface area (Å²) in [5, 5.41) is 14.2. The van der Waals surface area contributed by atoms with E-state index in [4.69, 9.17) is 21.6 Å². The van der Waals surface area contributed by atoms with Crippen LogP contribution in [0.4, 0.5) is 5.69 Å². The molecule has 2 aromatic rings. The van der Waals surface area contributed by atoms with Crippen LogP contribution in [0.25, 0.3) is 0 Å². The predicted molar refractivity (Wildman–Crippen MR) is 94.5 cm³/mol. The number of carbonyl (C=O) groups excluding carboxylic acids is 3. The molecule has 2 N–H and O–H groups in total. The third-order valence-electron chi connectivity index (χ3n) is 3.14. The molecule has 2 amide bonds. The molecule has 0 aliphatic heterocycles. The van der Waals surface area contributed by atoms with Gasteiger partial charge in [0.2, 0.25) is 0 Å². The molecule has 2 rings (SSSR count). The molecule has 0 fully saturated rings. The van der Waals surface area contributed by atoms with E-state index in [1.807, 2.05) is 6.07 Å². The number of nitrogens with zero attached hydrogens (tertiary/aromatic N) is 1. The molecule has 0 unspecified atom stereocenters. The molecule has 8 heteroatoms. The number of ether oxygens (including phenoxy) is 1. The SMILES string of the molecule is N#Cc1cccc(NC(=O)COC(=O)CNC(=O)c2ccc(Cl)cc2)c1. The summed E-state index contributed by atoms with van der Waals surface area (Å²) in [4.78, 5) is 35.2. The van der Waals surface area contributed by atoms with Crippen LogP contribution in [0.5, 0.6) is 0 Å². The smallest absolute Gasteiger partial charge is 0.325 e. The third kappa shape index (κ3) is 5.92. The maximum Gasteiger partial charge on any atom is 0.325 e. The summed E-state index contributed by atoms with van der Waals surface area (Å²) >= 11 is 5.73. The summed E-state index contributed by atoms with van der Waals surface area (Å²) in [5.41, 5.74) is 1.16. The van der Waals surface area contributed by atoms with Gasteiger partial charge in [0.1, 0.15) is 6.54 Å². The Labute approximate surface area is 154 Å². The number of benzene rings is 2. The molecule has 0 spiro atoms. The van der Waals surface area contributed by atoms with Gasteiger partial charge in [-0.1, -0.05) is 17.7 Å². The molecule has 0 saturated heterocycles. The number of esters is 1. The van der Waals surface area contributed by atoms with Crippen LogP contribution in [0.3, 0.4) is 0 Å². The minimum atomic E-state index is -0.756. The average molecular weight is 372 g/mol. The average Bonchev–Trinajstić information content (AvgIpc) is 2.65. The fourth-order valence-corrected chi connectivity index (χ4v) is 2.04. The van der Waals surface area contributed by atoms with E-state index in [0.717, 1.165) is 0 Å². The highest BCUT2D eigenvalue weighted by atomic mass is 35.5. The molecule has 0 aliphatic rings. The van der Waals surface area contributed by atoms with Gasteiger partial charge < -0.3 is 15.4 Å². The lowest BCUT2D eigenvalue weighted by Gasteiger charge is -2.08. The van der Waals surface area contributed by atoms with Crippen molar-refractivity contribution < 1.29 is 19.1 Å². The van der Waals surface area contributed by atoms with E-state index in [0.29, 0.717) is 21.8 Å².